The van der Waals surface area contributed by atoms with E-state index in [9.17, 15) is 0 Å². The zero-order valence-corrected chi connectivity index (χ0v) is 12.6. The number of piperazine rings is 1. The zero-order valence-electron chi connectivity index (χ0n) is 12.6. The first-order valence-electron chi connectivity index (χ1n) is 7.77. The standard InChI is InChI=1S/C17H23N3O/c1-2-17(15-6-4-3-5-7-15)20-11-9-19(10-12-20)14-16-8-13-21-18-16/h3-8,13,17H,2,9-12,14H2,1H3. The molecule has 112 valence electrons. The van der Waals surface area contributed by atoms with Crippen LogP contribution in [0.25, 0.3) is 0 Å². The second-order valence-electron chi connectivity index (χ2n) is 5.64. The van der Waals surface area contributed by atoms with Crippen molar-refractivity contribution in [3.63, 3.8) is 0 Å². The lowest BCUT2D eigenvalue weighted by atomic mass is 10.0. The number of aromatic nitrogens is 1. The van der Waals surface area contributed by atoms with Gasteiger partial charge in [0.05, 0.1) is 5.69 Å². The summed E-state index contributed by atoms with van der Waals surface area (Å²) in [6.07, 6.45) is 2.81. The Bertz CT molecular complexity index is 518. The predicted molar refractivity (Wildman–Crippen MR) is 82.8 cm³/mol. The van der Waals surface area contributed by atoms with Crippen molar-refractivity contribution in [1.82, 2.24) is 15.0 Å². The molecule has 4 nitrogen and oxygen atoms in total. The molecule has 0 spiro atoms. The number of rotatable bonds is 5. The Hall–Kier alpha value is -1.65. The van der Waals surface area contributed by atoms with Gasteiger partial charge in [0.2, 0.25) is 0 Å². The summed E-state index contributed by atoms with van der Waals surface area (Å²) in [5.41, 5.74) is 2.46. The highest BCUT2D eigenvalue weighted by Crippen LogP contribution is 2.25. The predicted octanol–water partition coefficient (Wildman–Crippen LogP) is 2.94. The van der Waals surface area contributed by atoms with Crippen LogP contribution in [0, 0.1) is 0 Å². The average molecular weight is 285 g/mol. The molecule has 0 saturated carbocycles. The van der Waals surface area contributed by atoms with Crippen LogP contribution < -0.4 is 0 Å². The van der Waals surface area contributed by atoms with Crippen LogP contribution in [0.5, 0.6) is 0 Å². The quantitative estimate of drug-likeness (QED) is 0.845. The number of benzene rings is 1. The topological polar surface area (TPSA) is 32.5 Å². The molecule has 1 saturated heterocycles. The van der Waals surface area contributed by atoms with Crippen molar-refractivity contribution in [2.75, 3.05) is 26.2 Å². The summed E-state index contributed by atoms with van der Waals surface area (Å²) in [7, 11) is 0. The Morgan fingerprint density at radius 1 is 1.10 bits per heavy atom. The van der Waals surface area contributed by atoms with Gasteiger partial charge < -0.3 is 4.52 Å². The third kappa shape index (κ3) is 3.52. The molecule has 4 heteroatoms. The molecular formula is C17H23N3O. The minimum Gasteiger partial charge on any atom is -0.364 e. The summed E-state index contributed by atoms with van der Waals surface area (Å²) in [6.45, 7) is 7.59. The van der Waals surface area contributed by atoms with Crippen molar-refractivity contribution in [2.24, 2.45) is 0 Å². The van der Waals surface area contributed by atoms with Crippen molar-refractivity contribution in [2.45, 2.75) is 25.9 Å². The van der Waals surface area contributed by atoms with Crippen LogP contribution in [-0.2, 0) is 6.54 Å². The second-order valence-corrected chi connectivity index (χ2v) is 5.64. The minimum absolute atomic E-state index is 0.542. The van der Waals surface area contributed by atoms with E-state index in [1.807, 2.05) is 6.07 Å². The van der Waals surface area contributed by atoms with Crippen molar-refractivity contribution in [1.29, 1.82) is 0 Å². The summed E-state index contributed by atoms with van der Waals surface area (Å²) in [4.78, 5) is 5.06. The van der Waals surface area contributed by atoms with E-state index >= 15 is 0 Å². The maximum Gasteiger partial charge on any atom is 0.124 e. The van der Waals surface area contributed by atoms with Crippen LogP contribution in [-0.4, -0.2) is 41.1 Å². The Kier molecular flexibility index (Phi) is 4.68. The molecular weight excluding hydrogens is 262 g/mol. The first-order chi connectivity index (χ1) is 10.4. The van der Waals surface area contributed by atoms with E-state index < -0.39 is 0 Å². The van der Waals surface area contributed by atoms with E-state index in [1.54, 1.807) is 6.26 Å². The fourth-order valence-electron chi connectivity index (χ4n) is 3.16. The molecule has 0 radical (unpaired) electrons. The molecule has 21 heavy (non-hydrogen) atoms. The molecule has 1 aliphatic rings. The summed E-state index contributed by atoms with van der Waals surface area (Å²) in [5.74, 6) is 0. The molecule has 1 aromatic heterocycles. The average Bonchev–Trinajstić information content (AvgIpc) is 3.04. The fourth-order valence-corrected chi connectivity index (χ4v) is 3.16. The monoisotopic (exact) mass is 285 g/mol. The van der Waals surface area contributed by atoms with Crippen LogP contribution in [0.2, 0.25) is 0 Å². The van der Waals surface area contributed by atoms with E-state index in [1.165, 1.54) is 5.56 Å². The largest absolute Gasteiger partial charge is 0.364 e. The number of hydrogen-bond acceptors (Lipinski definition) is 4. The molecule has 1 fully saturated rings. The lowest BCUT2D eigenvalue weighted by Gasteiger charge is -2.39. The first-order valence-corrected chi connectivity index (χ1v) is 7.77. The van der Waals surface area contributed by atoms with E-state index in [0.717, 1.165) is 44.8 Å². The lowest BCUT2D eigenvalue weighted by molar-refractivity contribution is 0.0883. The molecule has 1 aromatic carbocycles. The Balaban J connectivity index is 1.57. The van der Waals surface area contributed by atoms with Gasteiger partial charge in [0.25, 0.3) is 0 Å². The Morgan fingerprint density at radius 2 is 1.86 bits per heavy atom. The zero-order chi connectivity index (χ0) is 14.5. The van der Waals surface area contributed by atoms with E-state index in [0.29, 0.717) is 6.04 Å². The highest BCUT2D eigenvalue weighted by atomic mass is 16.5. The number of nitrogens with zero attached hydrogens (tertiary/aromatic N) is 3. The minimum atomic E-state index is 0.542. The van der Waals surface area contributed by atoms with Gasteiger partial charge in [-0.05, 0) is 12.0 Å². The van der Waals surface area contributed by atoms with Crippen LogP contribution in [0.4, 0.5) is 0 Å². The van der Waals surface area contributed by atoms with Gasteiger partial charge in [-0.2, -0.15) is 0 Å². The van der Waals surface area contributed by atoms with Gasteiger partial charge in [-0.15, -0.1) is 0 Å². The number of hydrogen-bond donors (Lipinski definition) is 0. The summed E-state index contributed by atoms with van der Waals surface area (Å²) >= 11 is 0. The third-order valence-corrected chi connectivity index (χ3v) is 4.30. The van der Waals surface area contributed by atoms with Gasteiger partial charge in [-0.25, -0.2) is 0 Å². The normalized spacial score (nSPS) is 18.7. The van der Waals surface area contributed by atoms with Gasteiger partial charge in [-0.1, -0.05) is 42.4 Å². The maximum absolute atomic E-state index is 4.90. The first kappa shape index (κ1) is 14.3. The summed E-state index contributed by atoms with van der Waals surface area (Å²) in [5, 5.41) is 4.00. The van der Waals surface area contributed by atoms with Crippen molar-refractivity contribution < 1.29 is 4.52 Å². The van der Waals surface area contributed by atoms with Gasteiger partial charge in [0, 0.05) is 44.8 Å². The van der Waals surface area contributed by atoms with E-state index in [2.05, 4.69) is 52.2 Å². The van der Waals surface area contributed by atoms with Gasteiger partial charge in [0.15, 0.2) is 0 Å². The summed E-state index contributed by atoms with van der Waals surface area (Å²) < 4.78 is 4.90. The van der Waals surface area contributed by atoms with Crippen molar-refractivity contribution in [3.8, 4) is 0 Å². The Morgan fingerprint density at radius 3 is 2.48 bits per heavy atom. The van der Waals surface area contributed by atoms with Crippen LogP contribution in [0.3, 0.4) is 0 Å². The van der Waals surface area contributed by atoms with Crippen LogP contribution >= 0.6 is 0 Å². The smallest absolute Gasteiger partial charge is 0.124 e. The highest BCUT2D eigenvalue weighted by molar-refractivity contribution is 5.19. The molecule has 2 aromatic rings. The van der Waals surface area contributed by atoms with Crippen molar-refractivity contribution >= 4 is 0 Å². The van der Waals surface area contributed by atoms with Crippen molar-refractivity contribution in [3.05, 3.63) is 53.9 Å². The second kappa shape index (κ2) is 6.87. The molecule has 0 amide bonds. The fraction of sp³-hybridized carbons (Fsp3) is 0.471. The molecule has 1 atom stereocenters. The molecule has 0 bridgehead atoms. The van der Waals surface area contributed by atoms with Gasteiger partial charge in [-0.3, -0.25) is 9.80 Å². The maximum atomic E-state index is 4.90. The highest BCUT2D eigenvalue weighted by Gasteiger charge is 2.24. The summed E-state index contributed by atoms with van der Waals surface area (Å²) in [6, 6.07) is 13.3. The molecule has 1 aliphatic heterocycles. The van der Waals surface area contributed by atoms with Crippen LogP contribution in [0.1, 0.15) is 30.6 Å². The van der Waals surface area contributed by atoms with E-state index in [-0.39, 0.29) is 0 Å². The van der Waals surface area contributed by atoms with Gasteiger partial charge >= 0.3 is 0 Å². The molecule has 2 heterocycles. The third-order valence-electron chi connectivity index (χ3n) is 4.30. The SMILES string of the molecule is CCC(c1ccccc1)N1CCN(Cc2ccon2)CC1. The molecule has 3 rings (SSSR count). The molecule has 0 N–H and O–H groups in total. The molecule has 0 aliphatic carbocycles. The van der Waals surface area contributed by atoms with Crippen LogP contribution in [0.15, 0.2) is 47.2 Å². The van der Waals surface area contributed by atoms with E-state index in [4.69, 9.17) is 4.52 Å². The Labute approximate surface area is 126 Å². The lowest BCUT2D eigenvalue weighted by Crippen LogP contribution is -2.47. The van der Waals surface area contributed by atoms with Gasteiger partial charge in [0.1, 0.15) is 6.26 Å². The molecule has 1 unspecified atom stereocenters.